The monoisotopic (exact) mass is 850 g/mol. The number of alkyl halides is 8. The molecular weight excluding hydrogens is 809 g/mol. The highest BCUT2D eigenvalue weighted by molar-refractivity contribution is 7.19. The van der Waals surface area contributed by atoms with Crippen molar-refractivity contribution in [1.82, 2.24) is 9.80 Å². The van der Waals surface area contributed by atoms with Gasteiger partial charge in [-0.05, 0) is 80.4 Å². The largest absolute Gasteiger partial charge is 0.459 e. The lowest BCUT2D eigenvalue weighted by atomic mass is 9.97. The molecule has 314 valence electrons. The molecule has 0 bridgehead atoms. The van der Waals surface area contributed by atoms with Crippen molar-refractivity contribution in [3.05, 3.63) is 32.0 Å². The fourth-order valence-electron chi connectivity index (χ4n) is 5.00. The highest BCUT2D eigenvalue weighted by Crippen LogP contribution is 2.54. The van der Waals surface area contributed by atoms with Gasteiger partial charge in [-0.3, -0.25) is 19.2 Å². The number of carbonyl (C=O) groups excluding carboxylic acids is 6. The minimum atomic E-state index is -7.34. The number of anilines is 2. The number of amides is 4. The number of thiophene rings is 2. The number of hydrogen-bond acceptors (Lipinski definition) is 10. The maximum atomic E-state index is 15.2. The minimum absolute atomic E-state index is 0.104. The summed E-state index contributed by atoms with van der Waals surface area (Å²) in [7, 11) is 0. The molecule has 2 N–H and O–H groups in total. The SMILES string of the molecule is CCN(CC)C(=O)c1sc(NC(=O)C(F)(F)C(F)(F)C(F)(F)C(F)(F)C(=O)Nc2sc(C(=O)N(CC)CC)c(C)c2C(=O)OC(C)C)c(C(=O)OC(C)C)c1C. The topological polar surface area (TPSA) is 151 Å². The van der Waals surface area contributed by atoms with Crippen LogP contribution >= 0.6 is 22.7 Å². The Labute approximate surface area is 324 Å². The third kappa shape index (κ3) is 8.94. The summed E-state index contributed by atoms with van der Waals surface area (Å²) in [5, 5.41) is 0.310. The lowest BCUT2D eigenvalue weighted by Gasteiger charge is -2.35. The first-order valence-corrected chi connectivity index (χ1v) is 18.7. The van der Waals surface area contributed by atoms with Crippen LogP contribution in [0.3, 0.4) is 0 Å². The van der Waals surface area contributed by atoms with Crippen molar-refractivity contribution in [3.8, 4) is 0 Å². The molecule has 0 saturated heterocycles. The Bertz CT molecular complexity index is 1710. The van der Waals surface area contributed by atoms with Gasteiger partial charge in [-0.15, -0.1) is 22.7 Å². The van der Waals surface area contributed by atoms with E-state index in [4.69, 9.17) is 9.47 Å². The Balaban J connectivity index is 2.63. The Morgan fingerprint density at radius 3 is 1.07 bits per heavy atom. The number of nitrogens with zero attached hydrogens (tertiary/aromatic N) is 2. The standard InChI is InChI=1S/C34H42F8N4O8S2/c1-11-45(12-2)25(47)21-17(9)19(27(49)53-15(5)6)23(55-21)43-29(51)31(35,36)33(39,40)34(41,42)32(37,38)30(52)44-24-20(28(50)54-16(7)8)18(10)22(56-24)26(48)46(13-3)14-4/h15-16H,11-14H2,1-10H3,(H,43,51)(H,44,52). The summed E-state index contributed by atoms with van der Waals surface area (Å²) in [5.41, 5.74) is -2.09. The summed E-state index contributed by atoms with van der Waals surface area (Å²) in [6.45, 7) is 14.3. The van der Waals surface area contributed by atoms with Crippen molar-refractivity contribution in [1.29, 1.82) is 0 Å². The molecule has 56 heavy (non-hydrogen) atoms. The van der Waals surface area contributed by atoms with Crippen LogP contribution in [0.15, 0.2) is 0 Å². The van der Waals surface area contributed by atoms with E-state index in [1.165, 1.54) is 48.1 Å². The van der Waals surface area contributed by atoms with Crippen LogP contribution in [0.2, 0.25) is 0 Å². The first-order chi connectivity index (χ1) is 25.6. The van der Waals surface area contributed by atoms with Crippen molar-refractivity contribution < 1.29 is 73.4 Å². The second-order valence-corrected chi connectivity index (χ2v) is 14.6. The van der Waals surface area contributed by atoms with Gasteiger partial charge in [-0.25, -0.2) is 9.59 Å². The van der Waals surface area contributed by atoms with Gasteiger partial charge >= 0.3 is 47.4 Å². The van der Waals surface area contributed by atoms with Gasteiger partial charge in [0.15, 0.2) is 0 Å². The Kier molecular flexibility index (Phi) is 15.2. The van der Waals surface area contributed by atoms with E-state index in [0.717, 1.165) is 13.8 Å². The van der Waals surface area contributed by atoms with Gasteiger partial charge in [-0.1, -0.05) is 0 Å². The molecule has 0 saturated carbocycles. The third-order valence-electron chi connectivity index (χ3n) is 8.08. The van der Waals surface area contributed by atoms with Gasteiger partial charge < -0.3 is 29.9 Å². The molecule has 0 aliphatic rings. The van der Waals surface area contributed by atoms with E-state index in [1.807, 2.05) is 0 Å². The second-order valence-electron chi connectivity index (χ2n) is 12.6. The fraction of sp³-hybridized carbons (Fsp3) is 0.588. The van der Waals surface area contributed by atoms with Crippen molar-refractivity contribution >= 4 is 68.2 Å². The van der Waals surface area contributed by atoms with Crippen LogP contribution in [0.25, 0.3) is 0 Å². The predicted molar refractivity (Wildman–Crippen MR) is 191 cm³/mol. The highest BCUT2D eigenvalue weighted by atomic mass is 32.1. The number of esters is 2. The fourth-order valence-corrected chi connectivity index (χ4v) is 7.32. The van der Waals surface area contributed by atoms with Gasteiger partial charge in [0.05, 0.1) is 33.1 Å². The average molecular weight is 851 g/mol. The summed E-state index contributed by atoms with van der Waals surface area (Å²) < 4.78 is 132. The second kappa shape index (κ2) is 17.9. The van der Waals surface area contributed by atoms with Crippen molar-refractivity contribution in [2.45, 2.75) is 105 Å². The van der Waals surface area contributed by atoms with Crippen LogP contribution in [0.1, 0.15) is 107 Å². The van der Waals surface area contributed by atoms with Crippen molar-refractivity contribution in [3.63, 3.8) is 0 Å². The predicted octanol–water partition coefficient (Wildman–Crippen LogP) is 7.64. The number of carbonyl (C=O) groups is 6. The van der Waals surface area contributed by atoms with E-state index in [0.29, 0.717) is 0 Å². The molecule has 2 aromatic rings. The van der Waals surface area contributed by atoms with Crippen LogP contribution in [-0.2, 0) is 19.1 Å². The first kappa shape index (κ1) is 47.8. The number of hydrogen-bond donors (Lipinski definition) is 2. The molecule has 0 unspecified atom stereocenters. The van der Waals surface area contributed by atoms with Crippen LogP contribution in [0.4, 0.5) is 45.1 Å². The van der Waals surface area contributed by atoms with Crippen molar-refractivity contribution in [2.24, 2.45) is 0 Å². The molecule has 0 spiro atoms. The third-order valence-corrected chi connectivity index (χ3v) is 10.5. The zero-order valence-electron chi connectivity index (χ0n) is 32.0. The molecule has 0 fully saturated rings. The number of nitrogens with one attached hydrogen (secondary N) is 2. The summed E-state index contributed by atoms with van der Waals surface area (Å²) >= 11 is 0.268. The molecule has 2 aromatic heterocycles. The Morgan fingerprint density at radius 1 is 0.571 bits per heavy atom. The van der Waals surface area contributed by atoms with Gasteiger partial charge in [0, 0.05) is 26.2 Å². The quantitative estimate of drug-likeness (QED) is 0.122. The van der Waals surface area contributed by atoms with E-state index in [-0.39, 0.29) is 69.7 Å². The summed E-state index contributed by atoms with van der Waals surface area (Å²) in [5.74, 6) is -39.1. The van der Waals surface area contributed by atoms with E-state index in [1.54, 1.807) is 27.7 Å². The molecule has 2 heterocycles. The van der Waals surface area contributed by atoms with E-state index < -0.39 is 92.6 Å². The molecule has 12 nitrogen and oxygen atoms in total. The maximum Gasteiger partial charge on any atom is 0.393 e. The summed E-state index contributed by atoms with van der Waals surface area (Å²) in [4.78, 5) is 79.1. The Morgan fingerprint density at radius 2 is 0.839 bits per heavy atom. The van der Waals surface area contributed by atoms with E-state index >= 15 is 35.1 Å². The molecule has 22 heteroatoms. The lowest BCUT2D eigenvalue weighted by Crippen LogP contribution is -2.67. The van der Waals surface area contributed by atoms with Gasteiger partial charge in [0.25, 0.3) is 11.8 Å². The minimum Gasteiger partial charge on any atom is -0.459 e. The van der Waals surface area contributed by atoms with Gasteiger partial charge in [0.1, 0.15) is 10.0 Å². The van der Waals surface area contributed by atoms with Gasteiger partial charge in [-0.2, -0.15) is 35.1 Å². The summed E-state index contributed by atoms with van der Waals surface area (Å²) in [6, 6.07) is 0. The lowest BCUT2D eigenvalue weighted by molar-refractivity contribution is -0.345. The summed E-state index contributed by atoms with van der Waals surface area (Å²) in [6.07, 6.45) is -1.76. The zero-order valence-corrected chi connectivity index (χ0v) is 33.6. The maximum absolute atomic E-state index is 15.2. The average Bonchev–Trinajstić information content (AvgIpc) is 3.59. The molecule has 0 radical (unpaired) electrons. The van der Waals surface area contributed by atoms with E-state index in [9.17, 15) is 28.8 Å². The number of halogens is 8. The molecule has 2 rings (SSSR count). The molecule has 0 aliphatic heterocycles. The molecule has 0 atom stereocenters. The zero-order chi connectivity index (χ0) is 43.5. The first-order valence-electron chi connectivity index (χ1n) is 17.0. The van der Waals surface area contributed by atoms with Crippen LogP contribution in [-0.4, -0.2) is 107 Å². The molecule has 4 amide bonds. The van der Waals surface area contributed by atoms with Gasteiger partial charge in [0.2, 0.25) is 0 Å². The number of rotatable bonds is 17. The van der Waals surface area contributed by atoms with E-state index in [2.05, 4.69) is 0 Å². The molecule has 0 aromatic carbocycles. The van der Waals surface area contributed by atoms with Crippen LogP contribution in [0.5, 0.6) is 0 Å². The normalized spacial score (nSPS) is 12.4. The Hall–Kier alpha value is -4.34. The van der Waals surface area contributed by atoms with Crippen LogP contribution < -0.4 is 10.6 Å². The molecular formula is C34H42F8N4O8S2. The highest BCUT2D eigenvalue weighted by Gasteiger charge is 2.84. The van der Waals surface area contributed by atoms with Crippen molar-refractivity contribution in [2.75, 3.05) is 36.8 Å². The smallest absolute Gasteiger partial charge is 0.393 e. The number of ether oxygens (including phenoxy) is 2. The molecule has 0 aliphatic carbocycles. The van der Waals surface area contributed by atoms with Crippen LogP contribution in [0, 0.1) is 13.8 Å².